The molecule has 1 aliphatic heterocycles. The van der Waals surface area contributed by atoms with Crippen LogP contribution in [0.5, 0.6) is 0 Å². The molecule has 2 aromatic heterocycles. The van der Waals surface area contributed by atoms with Gasteiger partial charge in [0.05, 0.1) is 11.7 Å². The van der Waals surface area contributed by atoms with E-state index >= 15 is 0 Å². The summed E-state index contributed by atoms with van der Waals surface area (Å²) in [5.41, 5.74) is 0.414. The Bertz CT molecular complexity index is 1050. The molecule has 1 aliphatic rings. The van der Waals surface area contributed by atoms with Crippen molar-refractivity contribution in [2.45, 2.75) is 25.4 Å². The Morgan fingerprint density at radius 2 is 2.15 bits per heavy atom. The maximum absolute atomic E-state index is 12.9. The molecule has 8 nitrogen and oxygen atoms in total. The minimum atomic E-state index is -0.521. The van der Waals surface area contributed by atoms with Gasteiger partial charge in [-0.3, -0.25) is 19.1 Å². The molecule has 0 radical (unpaired) electrons. The lowest BCUT2D eigenvalue weighted by molar-refractivity contribution is -0.137. The highest BCUT2D eigenvalue weighted by molar-refractivity contribution is 7.13. The second-order valence-electron chi connectivity index (χ2n) is 6.26. The van der Waals surface area contributed by atoms with E-state index in [4.69, 9.17) is 0 Å². The van der Waals surface area contributed by atoms with Gasteiger partial charge < -0.3 is 10.2 Å². The molecule has 1 fully saturated rings. The van der Waals surface area contributed by atoms with Crippen molar-refractivity contribution in [3.63, 3.8) is 0 Å². The van der Waals surface area contributed by atoms with Crippen molar-refractivity contribution in [3.05, 3.63) is 52.3 Å². The van der Waals surface area contributed by atoms with Crippen LogP contribution in [0.4, 0.5) is 5.13 Å². The molecule has 1 N–H and O–H groups in total. The summed E-state index contributed by atoms with van der Waals surface area (Å²) >= 11 is 1.33. The first kappa shape index (κ1) is 17.3. The van der Waals surface area contributed by atoms with E-state index in [1.165, 1.54) is 22.2 Å². The van der Waals surface area contributed by atoms with Crippen LogP contribution in [-0.4, -0.2) is 44.1 Å². The lowest BCUT2D eigenvalue weighted by Crippen LogP contribution is -2.44. The highest BCUT2D eigenvalue weighted by Gasteiger charge is 2.34. The lowest BCUT2D eigenvalue weighted by atomic mass is 10.2. The number of carbonyl (C=O) groups is 2. The van der Waals surface area contributed by atoms with Crippen LogP contribution in [0.15, 0.2) is 46.8 Å². The topological polar surface area (TPSA) is 97.2 Å². The van der Waals surface area contributed by atoms with Gasteiger partial charge >= 0.3 is 0 Å². The molecule has 1 saturated heterocycles. The molecule has 1 atom stereocenters. The van der Waals surface area contributed by atoms with E-state index in [1.54, 1.807) is 40.7 Å². The van der Waals surface area contributed by atoms with Gasteiger partial charge in [-0.05, 0) is 25.0 Å². The number of benzene rings is 1. The molecule has 9 heteroatoms. The Balaban J connectivity index is 1.53. The van der Waals surface area contributed by atoms with Crippen molar-refractivity contribution in [2.75, 3.05) is 11.9 Å². The highest BCUT2D eigenvalue weighted by Crippen LogP contribution is 2.21. The number of hydrogen-bond donors (Lipinski definition) is 1. The SMILES string of the molecule is O=C(Nc1nccs1)C1CCCN1C(=O)Cn1ncc(=O)c2ccccc21. The lowest BCUT2D eigenvalue weighted by Gasteiger charge is -2.24. The number of carbonyl (C=O) groups excluding carboxylic acids is 2. The molecule has 27 heavy (non-hydrogen) atoms. The first-order chi connectivity index (χ1) is 13.1. The number of nitrogens with one attached hydrogen (secondary N) is 1. The third kappa shape index (κ3) is 3.45. The van der Waals surface area contributed by atoms with Crippen LogP contribution in [-0.2, 0) is 16.1 Å². The van der Waals surface area contributed by atoms with Gasteiger partial charge in [0.25, 0.3) is 0 Å². The van der Waals surface area contributed by atoms with Gasteiger partial charge in [0, 0.05) is 23.5 Å². The molecule has 3 heterocycles. The van der Waals surface area contributed by atoms with Gasteiger partial charge in [-0.25, -0.2) is 4.98 Å². The Morgan fingerprint density at radius 1 is 1.30 bits per heavy atom. The van der Waals surface area contributed by atoms with Crippen molar-refractivity contribution >= 4 is 39.2 Å². The highest BCUT2D eigenvalue weighted by atomic mass is 32.1. The monoisotopic (exact) mass is 383 g/mol. The van der Waals surface area contributed by atoms with Crippen LogP contribution in [0.25, 0.3) is 10.9 Å². The van der Waals surface area contributed by atoms with Crippen LogP contribution in [0.3, 0.4) is 0 Å². The summed E-state index contributed by atoms with van der Waals surface area (Å²) in [5, 5.41) is 9.67. The number of hydrogen-bond acceptors (Lipinski definition) is 6. The zero-order chi connectivity index (χ0) is 18.8. The molecule has 0 bridgehead atoms. The summed E-state index contributed by atoms with van der Waals surface area (Å²) in [4.78, 5) is 43.0. The minimum Gasteiger partial charge on any atom is -0.329 e. The third-order valence-electron chi connectivity index (χ3n) is 4.59. The zero-order valence-corrected chi connectivity index (χ0v) is 15.2. The van der Waals surface area contributed by atoms with E-state index in [-0.39, 0.29) is 23.8 Å². The number of amides is 2. The first-order valence-electron chi connectivity index (χ1n) is 8.58. The van der Waals surface area contributed by atoms with E-state index in [0.717, 1.165) is 6.42 Å². The van der Waals surface area contributed by atoms with E-state index in [1.807, 2.05) is 0 Å². The maximum Gasteiger partial charge on any atom is 0.248 e. The predicted molar refractivity (Wildman–Crippen MR) is 101 cm³/mol. The number of thiazole rings is 1. The maximum atomic E-state index is 12.9. The third-order valence-corrected chi connectivity index (χ3v) is 5.27. The number of rotatable bonds is 4. The van der Waals surface area contributed by atoms with E-state index in [2.05, 4.69) is 15.4 Å². The Morgan fingerprint density at radius 3 is 2.96 bits per heavy atom. The molecule has 3 aromatic rings. The number of para-hydroxylation sites is 1. The minimum absolute atomic E-state index is 0.0260. The van der Waals surface area contributed by atoms with Crippen LogP contribution in [0.2, 0.25) is 0 Å². The summed E-state index contributed by atoms with van der Waals surface area (Å²) in [5.74, 6) is -0.429. The van der Waals surface area contributed by atoms with Crippen molar-refractivity contribution in [1.82, 2.24) is 19.7 Å². The first-order valence-corrected chi connectivity index (χ1v) is 9.46. The summed E-state index contributed by atoms with van der Waals surface area (Å²) in [6.45, 7) is 0.495. The van der Waals surface area contributed by atoms with Crippen LogP contribution in [0.1, 0.15) is 12.8 Å². The van der Waals surface area contributed by atoms with Crippen molar-refractivity contribution in [1.29, 1.82) is 0 Å². The summed E-state index contributed by atoms with van der Waals surface area (Å²) in [6.07, 6.45) is 4.21. The normalized spacial score (nSPS) is 16.6. The quantitative estimate of drug-likeness (QED) is 0.736. The number of likely N-dealkylation sites (tertiary alicyclic amines) is 1. The summed E-state index contributed by atoms with van der Waals surface area (Å²) in [6, 6.07) is 6.51. The number of anilines is 1. The number of fused-ring (bicyclic) bond motifs is 1. The van der Waals surface area contributed by atoms with Crippen LogP contribution < -0.4 is 10.7 Å². The largest absolute Gasteiger partial charge is 0.329 e. The molecule has 0 spiro atoms. The fourth-order valence-electron chi connectivity index (χ4n) is 3.32. The summed E-state index contributed by atoms with van der Waals surface area (Å²) < 4.78 is 1.51. The van der Waals surface area contributed by atoms with Crippen LogP contribution >= 0.6 is 11.3 Å². The average molecular weight is 383 g/mol. The predicted octanol–water partition coefficient (Wildman–Crippen LogP) is 1.48. The second kappa shape index (κ2) is 7.28. The van der Waals surface area contributed by atoms with Crippen LogP contribution in [0, 0.1) is 0 Å². The van der Waals surface area contributed by atoms with Gasteiger partial charge in [0.1, 0.15) is 12.6 Å². The zero-order valence-electron chi connectivity index (χ0n) is 14.4. The molecule has 0 aliphatic carbocycles. The molecular formula is C18H17N5O3S. The van der Waals surface area contributed by atoms with E-state index in [0.29, 0.717) is 29.0 Å². The van der Waals surface area contributed by atoms with Gasteiger partial charge in [-0.1, -0.05) is 12.1 Å². The van der Waals surface area contributed by atoms with Crippen molar-refractivity contribution < 1.29 is 9.59 Å². The van der Waals surface area contributed by atoms with Gasteiger partial charge in [-0.2, -0.15) is 5.10 Å². The van der Waals surface area contributed by atoms with E-state index in [9.17, 15) is 14.4 Å². The molecular weight excluding hydrogens is 366 g/mol. The molecule has 2 amide bonds. The van der Waals surface area contributed by atoms with Crippen molar-refractivity contribution in [2.24, 2.45) is 0 Å². The smallest absolute Gasteiger partial charge is 0.248 e. The number of nitrogens with zero attached hydrogens (tertiary/aromatic N) is 4. The molecule has 0 saturated carbocycles. The fraction of sp³-hybridized carbons (Fsp3) is 0.278. The molecule has 1 unspecified atom stereocenters. The van der Waals surface area contributed by atoms with Gasteiger partial charge in [0.2, 0.25) is 17.2 Å². The Kier molecular flexibility index (Phi) is 4.68. The Hall–Kier alpha value is -3.07. The standard InChI is InChI=1S/C18H17N5O3S/c24-15-10-20-23(13-5-2-1-4-12(13)15)11-16(25)22-8-3-6-14(22)17(26)21-18-19-7-9-27-18/h1-2,4-5,7,9-10,14H,3,6,8,11H2,(H,19,21,26). The number of aromatic nitrogens is 3. The second-order valence-corrected chi connectivity index (χ2v) is 7.15. The molecule has 4 rings (SSSR count). The molecule has 138 valence electrons. The van der Waals surface area contributed by atoms with E-state index < -0.39 is 6.04 Å². The Labute approximate surface area is 158 Å². The molecule has 1 aromatic carbocycles. The fourth-order valence-corrected chi connectivity index (χ4v) is 3.85. The van der Waals surface area contributed by atoms with Gasteiger partial charge in [-0.15, -0.1) is 11.3 Å². The van der Waals surface area contributed by atoms with Crippen molar-refractivity contribution in [3.8, 4) is 0 Å². The summed E-state index contributed by atoms with van der Waals surface area (Å²) in [7, 11) is 0. The van der Waals surface area contributed by atoms with Gasteiger partial charge in [0.15, 0.2) is 5.13 Å². The average Bonchev–Trinajstić information content (AvgIpc) is 3.36.